The number of nitrogens with one attached hydrogen (secondary N) is 1. The number of ether oxygens (including phenoxy) is 1. The Kier molecular flexibility index (Phi) is 3.49. The van der Waals surface area contributed by atoms with E-state index in [4.69, 9.17) is 4.74 Å². The summed E-state index contributed by atoms with van der Waals surface area (Å²) in [5, 5.41) is 1.37. The van der Waals surface area contributed by atoms with Gasteiger partial charge in [-0.1, -0.05) is 29.3 Å². The minimum Gasteiger partial charge on any atom is -0.469 e. The van der Waals surface area contributed by atoms with E-state index in [1.807, 2.05) is 0 Å². The second-order valence-corrected chi connectivity index (χ2v) is 7.60. The van der Waals surface area contributed by atoms with E-state index in [9.17, 15) is 4.79 Å². The maximum Gasteiger partial charge on any atom is 0.312 e. The van der Waals surface area contributed by atoms with Crippen molar-refractivity contribution in [3.8, 4) is 0 Å². The molecular formula is C21H24N2O2. The molecule has 1 aliphatic carbocycles. The van der Waals surface area contributed by atoms with Gasteiger partial charge in [0.05, 0.1) is 19.1 Å². The average Bonchev–Trinajstić information content (AvgIpc) is 3.04. The summed E-state index contributed by atoms with van der Waals surface area (Å²) in [6, 6.07) is 8.99. The Hall–Kier alpha value is -2.07. The first-order chi connectivity index (χ1) is 12.3. The summed E-state index contributed by atoms with van der Waals surface area (Å²) >= 11 is 0. The van der Waals surface area contributed by atoms with Crippen LogP contribution in [0.4, 0.5) is 0 Å². The third-order valence-corrected chi connectivity index (χ3v) is 6.41. The van der Waals surface area contributed by atoms with Crippen LogP contribution in [0.5, 0.6) is 0 Å². The highest BCUT2D eigenvalue weighted by molar-refractivity contribution is 5.85. The molecule has 2 aliphatic heterocycles. The zero-order valence-electron chi connectivity index (χ0n) is 14.7. The van der Waals surface area contributed by atoms with Crippen molar-refractivity contribution < 1.29 is 9.53 Å². The Morgan fingerprint density at radius 2 is 2.16 bits per heavy atom. The lowest BCUT2D eigenvalue weighted by molar-refractivity contribution is -0.144. The Labute approximate surface area is 147 Å². The molecule has 25 heavy (non-hydrogen) atoms. The van der Waals surface area contributed by atoms with Crippen molar-refractivity contribution in [2.24, 2.45) is 5.92 Å². The normalized spacial score (nSPS) is 26.1. The van der Waals surface area contributed by atoms with Crippen molar-refractivity contribution >= 4 is 16.9 Å². The highest BCUT2D eigenvalue weighted by atomic mass is 16.5. The second-order valence-electron chi connectivity index (χ2n) is 7.60. The number of para-hydroxylation sites is 1. The fourth-order valence-electron chi connectivity index (χ4n) is 5.21. The molecule has 2 atom stereocenters. The topological polar surface area (TPSA) is 45.3 Å². The zero-order valence-corrected chi connectivity index (χ0v) is 14.7. The molecule has 1 aromatic heterocycles. The van der Waals surface area contributed by atoms with E-state index in [1.54, 1.807) is 0 Å². The Morgan fingerprint density at radius 1 is 1.28 bits per heavy atom. The number of carbonyl (C=O) groups is 1. The van der Waals surface area contributed by atoms with E-state index >= 15 is 0 Å². The zero-order chi connectivity index (χ0) is 17.0. The number of fused-ring (bicyclic) bond motifs is 5. The Balaban J connectivity index is 1.56. The molecule has 1 N–H and O–H groups in total. The van der Waals surface area contributed by atoms with Crippen LogP contribution in [0.3, 0.4) is 0 Å². The highest BCUT2D eigenvalue weighted by Gasteiger charge is 2.40. The van der Waals surface area contributed by atoms with Crippen molar-refractivity contribution in [3.63, 3.8) is 0 Å². The lowest BCUT2D eigenvalue weighted by Gasteiger charge is -2.44. The van der Waals surface area contributed by atoms with Crippen LogP contribution in [0.2, 0.25) is 0 Å². The van der Waals surface area contributed by atoms with Gasteiger partial charge in [-0.25, -0.2) is 0 Å². The number of aromatic amines is 1. The van der Waals surface area contributed by atoms with Gasteiger partial charge in [0.25, 0.3) is 0 Å². The molecule has 5 rings (SSSR count). The van der Waals surface area contributed by atoms with E-state index in [0.29, 0.717) is 6.04 Å². The number of H-pyrrole nitrogens is 1. The van der Waals surface area contributed by atoms with Gasteiger partial charge in [-0.2, -0.15) is 0 Å². The van der Waals surface area contributed by atoms with Gasteiger partial charge >= 0.3 is 5.97 Å². The van der Waals surface area contributed by atoms with Gasteiger partial charge in [0.2, 0.25) is 0 Å². The number of aromatic nitrogens is 1. The van der Waals surface area contributed by atoms with Crippen LogP contribution in [-0.2, 0) is 16.0 Å². The summed E-state index contributed by atoms with van der Waals surface area (Å²) in [5.41, 5.74) is 6.95. The van der Waals surface area contributed by atoms with Crippen molar-refractivity contribution in [3.05, 3.63) is 46.7 Å². The summed E-state index contributed by atoms with van der Waals surface area (Å²) in [7, 11) is 1.52. The predicted octanol–water partition coefficient (Wildman–Crippen LogP) is 3.74. The van der Waals surface area contributed by atoms with Crippen molar-refractivity contribution in [2.45, 2.75) is 38.1 Å². The highest BCUT2D eigenvalue weighted by Crippen LogP contribution is 2.46. The van der Waals surface area contributed by atoms with Crippen LogP contribution in [-0.4, -0.2) is 36.1 Å². The van der Waals surface area contributed by atoms with E-state index in [-0.39, 0.29) is 11.9 Å². The number of hydrogen-bond donors (Lipinski definition) is 1. The van der Waals surface area contributed by atoms with Gasteiger partial charge in [0.1, 0.15) is 0 Å². The number of carbonyl (C=O) groups excluding carboxylic acids is 1. The molecule has 130 valence electrons. The van der Waals surface area contributed by atoms with Gasteiger partial charge in [0, 0.05) is 29.7 Å². The number of nitrogens with zero attached hydrogens (tertiary/aromatic N) is 1. The van der Waals surface area contributed by atoms with Crippen molar-refractivity contribution in [1.29, 1.82) is 0 Å². The van der Waals surface area contributed by atoms with Gasteiger partial charge < -0.3 is 9.72 Å². The quantitative estimate of drug-likeness (QED) is 0.637. The number of benzene rings is 1. The van der Waals surface area contributed by atoms with E-state index in [1.165, 1.54) is 40.4 Å². The lowest BCUT2D eigenvalue weighted by atomic mass is 9.75. The van der Waals surface area contributed by atoms with Gasteiger partial charge in [0.15, 0.2) is 0 Å². The number of rotatable bonds is 1. The minimum absolute atomic E-state index is 0.0225. The molecule has 0 spiro atoms. The first-order valence-electron chi connectivity index (χ1n) is 9.38. The Morgan fingerprint density at radius 3 is 3.04 bits per heavy atom. The second kappa shape index (κ2) is 5.73. The van der Waals surface area contributed by atoms with Crippen LogP contribution in [0.15, 0.2) is 35.4 Å². The summed E-state index contributed by atoms with van der Waals surface area (Å²) in [5.74, 6) is -0.0704. The van der Waals surface area contributed by atoms with E-state index in [0.717, 1.165) is 45.2 Å². The van der Waals surface area contributed by atoms with Gasteiger partial charge in [-0.15, -0.1) is 0 Å². The van der Waals surface area contributed by atoms with Gasteiger partial charge in [-0.05, 0) is 43.7 Å². The lowest BCUT2D eigenvalue weighted by Crippen LogP contribution is -2.42. The molecule has 0 saturated heterocycles. The fourth-order valence-corrected chi connectivity index (χ4v) is 5.21. The molecule has 3 heterocycles. The number of hydrogen-bond acceptors (Lipinski definition) is 3. The molecule has 0 bridgehead atoms. The van der Waals surface area contributed by atoms with Crippen LogP contribution in [0.1, 0.15) is 43.0 Å². The van der Waals surface area contributed by atoms with E-state index < -0.39 is 0 Å². The standard InChI is InChI=1S/C21H24N2O2/c1-25-21(24)16-7-4-5-13-12-23-10-9-15-14-6-2-3-8-18(14)22-20(15)19(23)11-17(13)16/h2-3,6,8,16,19,22H,4-5,7,9-12H2,1H3/t16-,19+/m1/s1. The maximum atomic E-state index is 12.3. The van der Waals surface area contributed by atoms with Crippen LogP contribution in [0.25, 0.3) is 10.9 Å². The summed E-state index contributed by atoms with van der Waals surface area (Å²) < 4.78 is 5.10. The minimum atomic E-state index is -0.0478. The average molecular weight is 336 g/mol. The third kappa shape index (κ3) is 2.27. The largest absolute Gasteiger partial charge is 0.469 e. The maximum absolute atomic E-state index is 12.3. The molecule has 4 nitrogen and oxygen atoms in total. The molecule has 2 aromatic rings. The van der Waals surface area contributed by atoms with Gasteiger partial charge in [-0.3, -0.25) is 9.69 Å². The van der Waals surface area contributed by atoms with Crippen molar-refractivity contribution in [1.82, 2.24) is 9.88 Å². The number of methoxy groups -OCH3 is 1. The van der Waals surface area contributed by atoms with Crippen LogP contribution >= 0.6 is 0 Å². The Bertz CT molecular complexity index is 879. The summed E-state index contributed by atoms with van der Waals surface area (Å²) in [6.07, 6.45) is 5.27. The first-order valence-corrected chi connectivity index (χ1v) is 9.38. The number of esters is 1. The SMILES string of the molecule is COC(=O)[C@@H]1CCCC2=C1C[C@H]1c3[nH]c4ccccc4c3CCN1C2. The predicted molar refractivity (Wildman–Crippen MR) is 97.3 cm³/mol. The molecule has 0 radical (unpaired) electrons. The molecule has 1 aromatic carbocycles. The van der Waals surface area contributed by atoms with Crippen LogP contribution in [0, 0.1) is 5.92 Å². The van der Waals surface area contributed by atoms with E-state index in [2.05, 4.69) is 34.1 Å². The molecule has 0 unspecified atom stereocenters. The van der Waals surface area contributed by atoms with Crippen molar-refractivity contribution in [2.75, 3.05) is 20.2 Å². The monoisotopic (exact) mass is 336 g/mol. The molecule has 4 heteroatoms. The molecule has 0 amide bonds. The molecular weight excluding hydrogens is 312 g/mol. The first kappa shape index (κ1) is 15.2. The fraction of sp³-hybridized carbons (Fsp3) is 0.476. The third-order valence-electron chi connectivity index (χ3n) is 6.41. The smallest absolute Gasteiger partial charge is 0.312 e. The molecule has 0 saturated carbocycles. The summed E-state index contributed by atoms with van der Waals surface area (Å²) in [6.45, 7) is 2.13. The molecule has 3 aliphatic rings. The molecule has 0 fully saturated rings. The summed E-state index contributed by atoms with van der Waals surface area (Å²) in [4.78, 5) is 18.6. The van der Waals surface area contributed by atoms with Crippen LogP contribution < -0.4 is 0 Å².